The first-order chi connectivity index (χ1) is 8.38. The Morgan fingerprint density at radius 1 is 1.44 bits per heavy atom. The van der Waals surface area contributed by atoms with Crippen LogP contribution in [0.5, 0.6) is 0 Å². The zero-order valence-corrected chi connectivity index (χ0v) is 10.7. The third-order valence-corrected chi connectivity index (χ3v) is 2.43. The van der Waals surface area contributed by atoms with Crippen LogP contribution in [0.25, 0.3) is 0 Å². The molecule has 1 aromatic rings. The summed E-state index contributed by atoms with van der Waals surface area (Å²) in [5, 5.41) is 6.70. The van der Waals surface area contributed by atoms with Gasteiger partial charge in [-0.1, -0.05) is 0 Å². The van der Waals surface area contributed by atoms with E-state index in [1.165, 1.54) is 6.20 Å². The van der Waals surface area contributed by atoms with E-state index in [-0.39, 0.29) is 18.2 Å². The third kappa shape index (κ3) is 3.71. The molecule has 104 valence electrons. The van der Waals surface area contributed by atoms with Crippen molar-refractivity contribution in [2.24, 2.45) is 0 Å². The van der Waals surface area contributed by atoms with Gasteiger partial charge in [0.05, 0.1) is 12.8 Å². The molecule has 0 atom stereocenters. The Kier molecular flexibility index (Phi) is 5.15. The van der Waals surface area contributed by atoms with E-state index in [1.54, 1.807) is 21.0 Å². The average molecular weight is 265 g/mol. The highest BCUT2D eigenvalue weighted by Crippen LogP contribution is 2.33. The lowest BCUT2D eigenvalue weighted by Crippen LogP contribution is -2.22. The summed E-state index contributed by atoms with van der Waals surface area (Å²) < 4.78 is 44.7. The number of hydrogen-bond donors (Lipinski definition) is 1. The van der Waals surface area contributed by atoms with Gasteiger partial charge in [-0.05, 0) is 13.8 Å². The van der Waals surface area contributed by atoms with Crippen LogP contribution >= 0.6 is 0 Å². The molecule has 0 amide bonds. The van der Waals surface area contributed by atoms with Gasteiger partial charge in [0.1, 0.15) is 5.69 Å². The van der Waals surface area contributed by atoms with Crippen LogP contribution in [0.2, 0.25) is 0 Å². The molecule has 0 saturated carbocycles. The normalized spacial score (nSPS) is 12.4. The number of ether oxygens (including phenoxy) is 1. The molecule has 1 N–H and O–H groups in total. The Labute approximate surface area is 104 Å². The van der Waals surface area contributed by atoms with E-state index >= 15 is 0 Å². The Bertz CT molecular complexity index is 374. The first-order valence-electron chi connectivity index (χ1n) is 5.71. The maximum absolute atomic E-state index is 13.0. The summed E-state index contributed by atoms with van der Waals surface area (Å²) in [6.45, 7) is 4.43. The van der Waals surface area contributed by atoms with Crippen molar-refractivity contribution >= 4 is 0 Å². The van der Waals surface area contributed by atoms with Gasteiger partial charge in [0.25, 0.3) is 0 Å². The molecule has 1 heterocycles. The molecule has 0 saturated heterocycles. The molecule has 0 unspecified atom stereocenters. The number of nitrogens with one attached hydrogen (secondary N) is 1. The van der Waals surface area contributed by atoms with Crippen LogP contribution in [0.3, 0.4) is 0 Å². The molecule has 7 heteroatoms. The van der Waals surface area contributed by atoms with Crippen LogP contribution in [-0.4, -0.2) is 30.0 Å². The smallest absolute Gasteiger partial charge is 0.383 e. The highest BCUT2D eigenvalue weighted by molar-refractivity contribution is 5.21. The van der Waals surface area contributed by atoms with Gasteiger partial charge in [0.15, 0.2) is 0 Å². The quantitative estimate of drug-likeness (QED) is 0.802. The Hall–Kier alpha value is -1.08. The molecule has 0 aliphatic heterocycles. The fourth-order valence-corrected chi connectivity index (χ4v) is 1.63. The Morgan fingerprint density at radius 3 is 2.61 bits per heavy atom. The van der Waals surface area contributed by atoms with Gasteiger partial charge in [0, 0.05) is 31.8 Å². The minimum Gasteiger partial charge on any atom is -0.383 e. The summed E-state index contributed by atoms with van der Waals surface area (Å²) in [5.41, 5.74) is -0.519. The molecular weight excluding hydrogens is 247 g/mol. The van der Waals surface area contributed by atoms with Crippen molar-refractivity contribution in [3.63, 3.8) is 0 Å². The summed E-state index contributed by atoms with van der Waals surface area (Å²) in [7, 11) is 1.54. The third-order valence-electron chi connectivity index (χ3n) is 2.43. The predicted octanol–water partition coefficient (Wildman–Crippen LogP) is 2.22. The van der Waals surface area contributed by atoms with E-state index in [2.05, 4.69) is 10.4 Å². The fourth-order valence-electron chi connectivity index (χ4n) is 1.63. The number of nitrogens with zero attached hydrogens (tertiary/aromatic N) is 2. The lowest BCUT2D eigenvalue weighted by molar-refractivity contribution is -0.145. The number of rotatable bonds is 6. The zero-order chi connectivity index (χ0) is 13.8. The molecule has 1 aromatic heterocycles. The highest BCUT2D eigenvalue weighted by Gasteiger charge is 2.38. The van der Waals surface area contributed by atoms with Gasteiger partial charge in [-0.25, -0.2) is 0 Å². The lowest BCUT2D eigenvalue weighted by Gasteiger charge is -2.15. The van der Waals surface area contributed by atoms with E-state index in [0.29, 0.717) is 13.2 Å². The molecule has 0 bridgehead atoms. The standard InChI is InChI=1S/C11H18F3N3O/c1-8(2)17-10(11(12,13)14)9(7-16-17)6-15-4-5-18-3/h7-8,15H,4-6H2,1-3H3. The summed E-state index contributed by atoms with van der Waals surface area (Å²) >= 11 is 0. The first-order valence-corrected chi connectivity index (χ1v) is 5.71. The van der Waals surface area contributed by atoms with E-state index in [1.807, 2.05) is 0 Å². The second kappa shape index (κ2) is 6.19. The molecule has 0 aromatic carbocycles. The van der Waals surface area contributed by atoms with Gasteiger partial charge in [-0.3, -0.25) is 4.68 Å². The topological polar surface area (TPSA) is 39.1 Å². The highest BCUT2D eigenvalue weighted by atomic mass is 19.4. The summed E-state index contributed by atoms with van der Waals surface area (Å²) in [6.07, 6.45) is -3.12. The lowest BCUT2D eigenvalue weighted by atomic mass is 10.2. The molecule has 0 spiro atoms. The minimum absolute atomic E-state index is 0.130. The fraction of sp³-hybridized carbons (Fsp3) is 0.727. The number of aromatic nitrogens is 2. The van der Waals surface area contributed by atoms with Gasteiger partial charge < -0.3 is 10.1 Å². The van der Waals surface area contributed by atoms with Crippen molar-refractivity contribution in [1.29, 1.82) is 0 Å². The van der Waals surface area contributed by atoms with Crippen molar-refractivity contribution < 1.29 is 17.9 Å². The van der Waals surface area contributed by atoms with Crippen molar-refractivity contribution in [2.75, 3.05) is 20.3 Å². The van der Waals surface area contributed by atoms with Crippen LogP contribution in [0.4, 0.5) is 13.2 Å². The van der Waals surface area contributed by atoms with Crippen LogP contribution in [0.1, 0.15) is 31.1 Å². The molecule has 0 aliphatic carbocycles. The number of alkyl halides is 3. The first kappa shape index (κ1) is 15.0. The maximum Gasteiger partial charge on any atom is 0.433 e. The van der Waals surface area contributed by atoms with Gasteiger partial charge in [-0.2, -0.15) is 18.3 Å². The number of hydrogen-bond acceptors (Lipinski definition) is 3. The van der Waals surface area contributed by atoms with Crippen molar-refractivity contribution in [3.05, 3.63) is 17.5 Å². The Morgan fingerprint density at radius 2 is 2.11 bits per heavy atom. The zero-order valence-electron chi connectivity index (χ0n) is 10.7. The molecule has 0 fully saturated rings. The van der Waals surface area contributed by atoms with Crippen LogP contribution < -0.4 is 5.32 Å². The average Bonchev–Trinajstić information content (AvgIpc) is 2.68. The largest absolute Gasteiger partial charge is 0.433 e. The minimum atomic E-state index is -4.39. The van der Waals surface area contributed by atoms with Crippen LogP contribution in [0, 0.1) is 0 Å². The second-order valence-corrected chi connectivity index (χ2v) is 4.22. The van der Waals surface area contributed by atoms with Crippen LogP contribution in [0.15, 0.2) is 6.20 Å². The summed E-state index contributed by atoms with van der Waals surface area (Å²) in [4.78, 5) is 0. The van der Waals surface area contributed by atoms with Gasteiger partial charge in [0.2, 0.25) is 0 Å². The molecule has 18 heavy (non-hydrogen) atoms. The van der Waals surface area contributed by atoms with E-state index < -0.39 is 11.9 Å². The molecule has 4 nitrogen and oxygen atoms in total. The van der Waals surface area contributed by atoms with Crippen molar-refractivity contribution in [2.45, 2.75) is 32.6 Å². The van der Waals surface area contributed by atoms with Crippen molar-refractivity contribution in [3.8, 4) is 0 Å². The van der Waals surface area contributed by atoms with Crippen molar-refractivity contribution in [1.82, 2.24) is 15.1 Å². The van der Waals surface area contributed by atoms with Gasteiger partial charge >= 0.3 is 6.18 Å². The van der Waals surface area contributed by atoms with E-state index in [4.69, 9.17) is 4.74 Å². The molecular formula is C11H18F3N3O. The van der Waals surface area contributed by atoms with Gasteiger partial charge in [-0.15, -0.1) is 0 Å². The predicted molar refractivity (Wildman–Crippen MR) is 61.2 cm³/mol. The molecule has 0 aliphatic rings. The number of halogens is 3. The SMILES string of the molecule is COCCNCc1cnn(C(C)C)c1C(F)(F)F. The van der Waals surface area contributed by atoms with Crippen LogP contribution in [-0.2, 0) is 17.5 Å². The summed E-state index contributed by atoms with van der Waals surface area (Å²) in [5.74, 6) is 0. The van der Waals surface area contributed by atoms with E-state index in [0.717, 1.165) is 4.68 Å². The maximum atomic E-state index is 13.0. The number of methoxy groups -OCH3 is 1. The monoisotopic (exact) mass is 265 g/mol. The molecule has 0 radical (unpaired) electrons. The van der Waals surface area contributed by atoms with E-state index in [9.17, 15) is 13.2 Å². The Balaban J connectivity index is 2.85. The molecule has 1 rings (SSSR count). The summed E-state index contributed by atoms with van der Waals surface area (Å²) in [6, 6.07) is -0.325. The second-order valence-electron chi connectivity index (χ2n) is 4.22.